The van der Waals surface area contributed by atoms with Gasteiger partial charge in [-0.25, -0.2) is 9.69 Å². The Morgan fingerprint density at radius 1 is 1.07 bits per heavy atom. The van der Waals surface area contributed by atoms with Gasteiger partial charge < -0.3 is 9.47 Å². The molecule has 1 fully saturated rings. The van der Waals surface area contributed by atoms with Gasteiger partial charge in [-0.05, 0) is 29.5 Å². The fourth-order valence-corrected chi connectivity index (χ4v) is 3.40. The molecule has 0 spiro atoms. The average molecular weight is 409 g/mol. The van der Waals surface area contributed by atoms with Crippen LogP contribution in [0, 0.1) is 5.41 Å². The molecule has 1 aliphatic rings. The number of nitrogens with zero attached hydrogens (tertiary/aromatic N) is 1. The Hall–Kier alpha value is -3.15. The van der Waals surface area contributed by atoms with Crippen LogP contribution in [0.25, 0.3) is 0 Å². The van der Waals surface area contributed by atoms with E-state index >= 15 is 0 Å². The Kier molecular flexibility index (Phi) is 6.55. The fraction of sp³-hybridized carbons (Fsp3) is 0.375. The van der Waals surface area contributed by atoms with Crippen molar-refractivity contribution in [2.75, 3.05) is 6.61 Å². The third-order valence-corrected chi connectivity index (χ3v) is 4.73. The molecule has 30 heavy (non-hydrogen) atoms. The van der Waals surface area contributed by atoms with Gasteiger partial charge >= 0.3 is 6.09 Å². The lowest BCUT2D eigenvalue weighted by molar-refractivity contribution is -0.144. The van der Waals surface area contributed by atoms with E-state index in [-0.39, 0.29) is 24.2 Å². The minimum Gasteiger partial charge on any atom is -0.473 e. The van der Waals surface area contributed by atoms with Crippen molar-refractivity contribution < 1.29 is 23.9 Å². The van der Waals surface area contributed by atoms with Gasteiger partial charge in [0.1, 0.15) is 12.4 Å². The molecule has 0 aromatic heterocycles. The van der Waals surface area contributed by atoms with E-state index in [4.69, 9.17) is 9.47 Å². The third kappa shape index (κ3) is 5.47. The van der Waals surface area contributed by atoms with Gasteiger partial charge in [-0.3, -0.25) is 9.59 Å². The van der Waals surface area contributed by atoms with Crippen molar-refractivity contribution in [3.8, 4) is 5.75 Å². The largest absolute Gasteiger partial charge is 0.473 e. The summed E-state index contributed by atoms with van der Waals surface area (Å²) in [6.07, 6.45) is -1.56. The highest BCUT2D eigenvalue weighted by Crippen LogP contribution is 2.25. The van der Waals surface area contributed by atoms with E-state index in [1.165, 1.54) is 0 Å². The van der Waals surface area contributed by atoms with Crippen molar-refractivity contribution in [3.63, 3.8) is 0 Å². The van der Waals surface area contributed by atoms with Crippen LogP contribution in [0.1, 0.15) is 32.8 Å². The van der Waals surface area contributed by atoms with Crippen LogP contribution in [-0.4, -0.2) is 41.4 Å². The van der Waals surface area contributed by atoms with Gasteiger partial charge in [-0.1, -0.05) is 69.3 Å². The molecule has 6 nitrogen and oxygen atoms in total. The van der Waals surface area contributed by atoms with E-state index in [1.54, 1.807) is 24.3 Å². The first-order valence-corrected chi connectivity index (χ1v) is 10.0. The first kappa shape index (κ1) is 21.6. The summed E-state index contributed by atoms with van der Waals surface area (Å²) >= 11 is 0. The number of amides is 2. The van der Waals surface area contributed by atoms with Crippen molar-refractivity contribution >= 4 is 17.8 Å². The van der Waals surface area contributed by atoms with Crippen LogP contribution in [0.15, 0.2) is 60.7 Å². The van der Waals surface area contributed by atoms with Gasteiger partial charge in [0.05, 0.1) is 6.04 Å². The number of para-hydroxylation sites is 1. The summed E-state index contributed by atoms with van der Waals surface area (Å²) in [5.74, 6) is -0.656. The number of ether oxygens (including phenoxy) is 2. The van der Waals surface area contributed by atoms with Crippen molar-refractivity contribution in [1.29, 1.82) is 0 Å². The molecule has 0 N–H and O–H groups in total. The number of hydrogen-bond donors (Lipinski definition) is 0. The Morgan fingerprint density at radius 3 is 2.27 bits per heavy atom. The lowest BCUT2D eigenvalue weighted by Crippen LogP contribution is -2.51. The van der Waals surface area contributed by atoms with Crippen LogP contribution in [0.3, 0.4) is 0 Å². The number of cyclic esters (lactones) is 1. The maximum absolute atomic E-state index is 13.4. The first-order valence-electron chi connectivity index (χ1n) is 10.0. The number of benzene rings is 2. The molecule has 6 heteroatoms. The molecule has 0 radical (unpaired) electrons. The zero-order valence-electron chi connectivity index (χ0n) is 17.5. The molecule has 1 saturated heterocycles. The SMILES string of the molecule is CC(C)(C)CC(=O)[C@@H](Oc1ccccc1)C(=O)N1C(=O)OC[C@@H]1Cc1ccccc1. The van der Waals surface area contributed by atoms with Crippen molar-refractivity contribution in [2.45, 2.75) is 45.8 Å². The van der Waals surface area contributed by atoms with E-state index in [9.17, 15) is 14.4 Å². The number of imide groups is 1. The standard InChI is InChI=1S/C24H27NO5/c1-24(2,3)15-20(26)21(30-19-12-8-5-9-13-19)22(27)25-18(16-29-23(25)28)14-17-10-6-4-7-11-17/h4-13,18,21H,14-16H2,1-3H3/t18-,21+/m0/s1. The molecule has 2 aromatic rings. The second kappa shape index (κ2) is 9.11. The fourth-order valence-electron chi connectivity index (χ4n) is 3.40. The van der Waals surface area contributed by atoms with Crippen LogP contribution in [-0.2, 0) is 20.7 Å². The van der Waals surface area contributed by atoms with Crippen LogP contribution >= 0.6 is 0 Å². The molecular weight excluding hydrogens is 382 g/mol. The molecular formula is C24H27NO5. The Bertz CT molecular complexity index is 889. The summed E-state index contributed by atoms with van der Waals surface area (Å²) < 4.78 is 10.9. The quantitative estimate of drug-likeness (QED) is 0.646. The molecule has 0 aliphatic carbocycles. The highest BCUT2D eigenvalue weighted by atomic mass is 16.6. The van der Waals surface area contributed by atoms with Crippen LogP contribution in [0.4, 0.5) is 4.79 Å². The van der Waals surface area contributed by atoms with Crippen molar-refractivity contribution in [3.05, 3.63) is 66.2 Å². The van der Waals surface area contributed by atoms with Crippen molar-refractivity contribution in [2.24, 2.45) is 5.41 Å². The lowest BCUT2D eigenvalue weighted by Gasteiger charge is -2.27. The molecule has 2 amide bonds. The van der Waals surface area contributed by atoms with Gasteiger partial charge in [-0.2, -0.15) is 0 Å². The third-order valence-electron chi connectivity index (χ3n) is 4.73. The summed E-state index contributed by atoms with van der Waals surface area (Å²) in [7, 11) is 0. The number of carbonyl (C=O) groups is 3. The van der Waals surface area contributed by atoms with E-state index < -0.39 is 24.1 Å². The molecule has 158 valence electrons. The molecule has 0 bridgehead atoms. The summed E-state index contributed by atoms with van der Waals surface area (Å²) in [5, 5.41) is 0. The second-order valence-corrected chi connectivity index (χ2v) is 8.64. The number of Topliss-reactive ketones (excluding diaryl/α,β-unsaturated/α-hetero) is 1. The summed E-state index contributed by atoms with van der Waals surface area (Å²) in [5.41, 5.74) is 0.644. The highest BCUT2D eigenvalue weighted by molar-refractivity contribution is 6.09. The Labute approximate surface area is 176 Å². The normalized spacial score (nSPS) is 17.4. The molecule has 0 unspecified atom stereocenters. The molecule has 1 heterocycles. The average Bonchev–Trinajstić information content (AvgIpc) is 3.06. The number of ketones is 1. The maximum Gasteiger partial charge on any atom is 0.417 e. The number of rotatable bonds is 7. The first-order chi connectivity index (χ1) is 14.2. The van der Waals surface area contributed by atoms with Gasteiger partial charge in [0.2, 0.25) is 6.10 Å². The summed E-state index contributed by atoms with van der Waals surface area (Å²) in [6.45, 7) is 5.83. The highest BCUT2D eigenvalue weighted by Gasteiger charge is 2.44. The molecule has 2 aromatic carbocycles. The summed E-state index contributed by atoms with van der Waals surface area (Å²) in [4.78, 5) is 39.8. The van der Waals surface area contributed by atoms with Crippen LogP contribution in [0.5, 0.6) is 5.75 Å². The molecule has 2 atom stereocenters. The topological polar surface area (TPSA) is 72.9 Å². The van der Waals surface area contributed by atoms with Crippen LogP contribution < -0.4 is 4.74 Å². The maximum atomic E-state index is 13.4. The van der Waals surface area contributed by atoms with Gasteiger partial charge in [-0.15, -0.1) is 0 Å². The Balaban J connectivity index is 1.85. The summed E-state index contributed by atoms with van der Waals surface area (Å²) in [6, 6.07) is 17.7. The van der Waals surface area contributed by atoms with E-state index in [0.29, 0.717) is 12.2 Å². The van der Waals surface area contributed by atoms with E-state index in [0.717, 1.165) is 10.5 Å². The van der Waals surface area contributed by atoms with E-state index in [2.05, 4.69) is 0 Å². The number of carbonyl (C=O) groups excluding carboxylic acids is 3. The zero-order chi connectivity index (χ0) is 21.7. The second-order valence-electron chi connectivity index (χ2n) is 8.64. The van der Waals surface area contributed by atoms with Gasteiger partial charge in [0.25, 0.3) is 5.91 Å². The minimum atomic E-state index is -1.41. The van der Waals surface area contributed by atoms with E-state index in [1.807, 2.05) is 57.2 Å². The number of hydrogen-bond acceptors (Lipinski definition) is 5. The van der Waals surface area contributed by atoms with Gasteiger partial charge in [0, 0.05) is 6.42 Å². The predicted octanol–water partition coefficient (Wildman–Crippen LogP) is 4.03. The molecule has 1 aliphatic heterocycles. The predicted molar refractivity (Wildman–Crippen MR) is 112 cm³/mol. The minimum absolute atomic E-state index is 0.0883. The lowest BCUT2D eigenvalue weighted by atomic mass is 9.88. The molecule has 3 rings (SSSR count). The monoisotopic (exact) mass is 409 g/mol. The van der Waals surface area contributed by atoms with Crippen LogP contribution in [0.2, 0.25) is 0 Å². The smallest absolute Gasteiger partial charge is 0.417 e. The zero-order valence-corrected chi connectivity index (χ0v) is 17.5. The van der Waals surface area contributed by atoms with Crippen molar-refractivity contribution in [1.82, 2.24) is 4.90 Å². The molecule has 0 saturated carbocycles. The van der Waals surface area contributed by atoms with Gasteiger partial charge in [0.15, 0.2) is 5.78 Å². The Morgan fingerprint density at radius 2 is 1.67 bits per heavy atom.